The first-order valence-corrected chi connectivity index (χ1v) is 6.46. The predicted molar refractivity (Wildman–Crippen MR) is 70.0 cm³/mol. The van der Waals surface area contributed by atoms with Crippen LogP contribution < -0.4 is 9.47 Å². The molecule has 0 unspecified atom stereocenters. The molecule has 3 nitrogen and oxygen atoms in total. The number of fused-ring (bicyclic) bond motifs is 1. The Labute approximate surface area is 110 Å². The molecular weight excluding hydrogens is 284 g/mol. The number of rotatable bonds is 2. The third-order valence-electron chi connectivity index (χ3n) is 3.12. The smallest absolute Gasteiger partial charge is 0.165 e. The van der Waals surface area contributed by atoms with Crippen molar-refractivity contribution in [2.24, 2.45) is 0 Å². The van der Waals surface area contributed by atoms with Crippen LogP contribution in [0.2, 0.25) is 0 Å². The molecule has 94 valence electrons. The monoisotopic (exact) mass is 300 g/mol. The van der Waals surface area contributed by atoms with Gasteiger partial charge in [-0.15, -0.1) is 0 Å². The van der Waals surface area contributed by atoms with Crippen molar-refractivity contribution in [2.45, 2.75) is 26.2 Å². The van der Waals surface area contributed by atoms with E-state index in [0.717, 1.165) is 27.1 Å². The number of aliphatic hydroxyl groups excluding tert-OH is 1. The molecule has 1 aliphatic rings. The fourth-order valence-electron chi connectivity index (χ4n) is 1.91. The van der Waals surface area contributed by atoms with Crippen LogP contribution in [0.5, 0.6) is 11.5 Å². The number of hydrogen-bond donors (Lipinski definition) is 1. The molecule has 1 heterocycles. The summed E-state index contributed by atoms with van der Waals surface area (Å²) in [6.45, 7) is 7.25. The molecule has 0 spiro atoms. The molecule has 2 rings (SSSR count). The molecule has 0 radical (unpaired) electrons. The van der Waals surface area contributed by atoms with Gasteiger partial charge in [0.15, 0.2) is 11.5 Å². The standard InChI is InChI=1S/C13H17BrO3/c1-8-11(14)9(13(2,3)7-15)6-10-12(8)17-5-4-16-10/h6,15H,4-5,7H2,1-3H3. The van der Waals surface area contributed by atoms with Crippen LogP contribution in [0.15, 0.2) is 10.5 Å². The van der Waals surface area contributed by atoms with Gasteiger partial charge in [0.1, 0.15) is 13.2 Å². The van der Waals surface area contributed by atoms with E-state index >= 15 is 0 Å². The van der Waals surface area contributed by atoms with Gasteiger partial charge in [0.25, 0.3) is 0 Å². The fourth-order valence-corrected chi connectivity index (χ4v) is 2.74. The van der Waals surface area contributed by atoms with E-state index in [-0.39, 0.29) is 12.0 Å². The minimum Gasteiger partial charge on any atom is -0.486 e. The summed E-state index contributed by atoms with van der Waals surface area (Å²) in [6.07, 6.45) is 0. The highest BCUT2D eigenvalue weighted by Gasteiger charge is 2.27. The van der Waals surface area contributed by atoms with Crippen LogP contribution in [-0.4, -0.2) is 24.9 Å². The van der Waals surface area contributed by atoms with E-state index in [9.17, 15) is 5.11 Å². The molecule has 0 fully saturated rings. The Hall–Kier alpha value is -0.740. The van der Waals surface area contributed by atoms with Gasteiger partial charge in [0, 0.05) is 15.5 Å². The van der Waals surface area contributed by atoms with Gasteiger partial charge in [-0.05, 0) is 18.6 Å². The lowest BCUT2D eigenvalue weighted by Crippen LogP contribution is -2.24. The van der Waals surface area contributed by atoms with E-state index in [2.05, 4.69) is 15.9 Å². The van der Waals surface area contributed by atoms with Crippen LogP contribution in [-0.2, 0) is 5.41 Å². The van der Waals surface area contributed by atoms with Gasteiger partial charge in [-0.2, -0.15) is 0 Å². The van der Waals surface area contributed by atoms with Gasteiger partial charge in [-0.3, -0.25) is 0 Å². The van der Waals surface area contributed by atoms with Crippen LogP contribution in [0, 0.1) is 6.92 Å². The van der Waals surface area contributed by atoms with E-state index in [1.165, 1.54) is 0 Å². The molecule has 1 N–H and O–H groups in total. The second-order valence-corrected chi connectivity index (χ2v) is 5.72. The van der Waals surface area contributed by atoms with Crippen molar-refractivity contribution in [1.82, 2.24) is 0 Å². The normalized spacial score (nSPS) is 14.9. The number of benzene rings is 1. The molecular formula is C13H17BrO3. The summed E-state index contributed by atoms with van der Waals surface area (Å²) in [5.41, 5.74) is 1.76. The molecule has 1 aromatic rings. The first-order chi connectivity index (χ1) is 7.97. The van der Waals surface area contributed by atoms with Crippen LogP contribution >= 0.6 is 15.9 Å². The van der Waals surface area contributed by atoms with E-state index in [4.69, 9.17) is 9.47 Å². The molecule has 1 aliphatic heterocycles. The van der Waals surface area contributed by atoms with Crippen molar-refractivity contribution in [2.75, 3.05) is 19.8 Å². The first-order valence-electron chi connectivity index (χ1n) is 5.67. The quantitative estimate of drug-likeness (QED) is 0.913. The molecule has 4 heteroatoms. The Bertz CT molecular complexity index is 441. The number of ether oxygens (including phenoxy) is 2. The van der Waals surface area contributed by atoms with Crippen molar-refractivity contribution in [3.05, 3.63) is 21.7 Å². The fraction of sp³-hybridized carbons (Fsp3) is 0.538. The molecule has 0 bridgehead atoms. The number of halogens is 1. The van der Waals surface area contributed by atoms with Crippen molar-refractivity contribution >= 4 is 15.9 Å². The van der Waals surface area contributed by atoms with Crippen LogP contribution in [0.1, 0.15) is 25.0 Å². The molecule has 0 atom stereocenters. The molecule has 0 amide bonds. The summed E-state index contributed by atoms with van der Waals surface area (Å²) >= 11 is 3.59. The Morgan fingerprint density at radius 1 is 1.35 bits per heavy atom. The molecule has 0 aromatic heterocycles. The van der Waals surface area contributed by atoms with E-state index in [1.807, 2.05) is 26.8 Å². The lowest BCUT2D eigenvalue weighted by Gasteiger charge is -2.28. The summed E-state index contributed by atoms with van der Waals surface area (Å²) in [6, 6.07) is 1.96. The van der Waals surface area contributed by atoms with Crippen molar-refractivity contribution in [3.8, 4) is 11.5 Å². The van der Waals surface area contributed by atoms with Gasteiger partial charge in [0.05, 0.1) is 6.61 Å². The number of aliphatic hydroxyl groups is 1. The summed E-state index contributed by atoms with van der Waals surface area (Å²) in [4.78, 5) is 0. The van der Waals surface area contributed by atoms with Gasteiger partial charge >= 0.3 is 0 Å². The van der Waals surface area contributed by atoms with Crippen molar-refractivity contribution < 1.29 is 14.6 Å². The largest absolute Gasteiger partial charge is 0.486 e. The van der Waals surface area contributed by atoms with Gasteiger partial charge in [-0.25, -0.2) is 0 Å². The average Bonchev–Trinajstić information content (AvgIpc) is 2.33. The van der Waals surface area contributed by atoms with Crippen LogP contribution in [0.4, 0.5) is 0 Å². The SMILES string of the molecule is Cc1c(Br)c(C(C)(C)CO)cc2c1OCCO2. The van der Waals surface area contributed by atoms with Gasteiger partial charge in [0.2, 0.25) is 0 Å². The Balaban J connectivity index is 2.59. The maximum Gasteiger partial charge on any atom is 0.165 e. The highest BCUT2D eigenvalue weighted by molar-refractivity contribution is 9.10. The second-order valence-electron chi connectivity index (χ2n) is 4.93. The minimum atomic E-state index is -0.306. The molecule has 1 aromatic carbocycles. The van der Waals surface area contributed by atoms with Gasteiger partial charge in [-0.1, -0.05) is 29.8 Å². The van der Waals surface area contributed by atoms with Crippen LogP contribution in [0.25, 0.3) is 0 Å². The average molecular weight is 301 g/mol. The lowest BCUT2D eigenvalue weighted by atomic mass is 9.84. The summed E-state index contributed by atoms with van der Waals surface area (Å²) in [5, 5.41) is 9.47. The molecule has 0 saturated heterocycles. The van der Waals surface area contributed by atoms with Gasteiger partial charge < -0.3 is 14.6 Å². The molecule has 0 aliphatic carbocycles. The first kappa shape index (κ1) is 12.7. The molecule has 17 heavy (non-hydrogen) atoms. The Morgan fingerprint density at radius 3 is 2.65 bits per heavy atom. The summed E-state index contributed by atoms with van der Waals surface area (Å²) in [5.74, 6) is 1.58. The van der Waals surface area contributed by atoms with Crippen LogP contribution in [0.3, 0.4) is 0 Å². The third-order valence-corrected chi connectivity index (χ3v) is 4.14. The van der Waals surface area contributed by atoms with E-state index < -0.39 is 0 Å². The van der Waals surface area contributed by atoms with Crippen molar-refractivity contribution in [3.63, 3.8) is 0 Å². The Kier molecular flexibility index (Phi) is 3.36. The highest BCUT2D eigenvalue weighted by atomic mass is 79.9. The lowest BCUT2D eigenvalue weighted by molar-refractivity contribution is 0.168. The Morgan fingerprint density at radius 2 is 2.00 bits per heavy atom. The third kappa shape index (κ3) is 2.16. The van der Waals surface area contributed by atoms with E-state index in [0.29, 0.717) is 13.2 Å². The number of hydrogen-bond acceptors (Lipinski definition) is 3. The zero-order chi connectivity index (χ0) is 12.6. The minimum absolute atomic E-state index is 0.0880. The second kappa shape index (κ2) is 4.50. The van der Waals surface area contributed by atoms with Crippen molar-refractivity contribution in [1.29, 1.82) is 0 Å². The topological polar surface area (TPSA) is 38.7 Å². The zero-order valence-electron chi connectivity index (χ0n) is 10.3. The summed E-state index contributed by atoms with van der Waals surface area (Å²) < 4.78 is 12.2. The highest BCUT2D eigenvalue weighted by Crippen LogP contribution is 2.43. The predicted octanol–water partition coefficient (Wildman–Crippen LogP) is 2.80. The maximum atomic E-state index is 9.47. The maximum absolute atomic E-state index is 9.47. The van der Waals surface area contributed by atoms with E-state index in [1.54, 1.807) is 0 Å². The summed E-state index contributed by atoms with van der Waals surface area (Å²) in [7, 11) is 0. The zero-order valence-corrected chi connectivity index (χ0v) is 11.9. The molecule has 0 saturated carbocycles.